The molecule has 1 amide bonds. The third-order valence-electron chi connectivity index (χ3n) is 3.39. The van der Waals surface area contributed by atoms with Gasteiger partial charge in [0.15, 0.2) is 0 Å². The van der Waals surface area contributed by atoms with Gasteiger partial charge in [0, 0.05) is 18.9 Å². The molecular formula is C18H16N2O. The topological polar surface area (TPSA) is 42.0 Å². The van der Waals surface area contributed by atoms with Gasteiger partial charge in [-0.05, 0) is 28.0 Å². The lowest BCUT2D eigenvalue weighted by atomic mass is 10.0. The summed E-state index contributed by atoms with van der Waals surface area (Å²) in [4.78, 5) is 16.0. The molecule has 3 heteroatoms. The first-order chi connectivity index (χ1) is 10.3. The van der Waals surface area contributed by atoms with Crippen molar-refractivity contribution < 1.29 is 4.79 Å². The summed E-state index contributed by atoms with van der Waals surface area (Å²) in [5.41, 5.74) is 2.03. The zero-order valence-electron chi connectivity index (χ0n) is 11.6. The fourth-order valence-electron chi connectivity index (χ4n) is 2.30. The van der Waals surface area contributed by atoms with Crippen LogP contribution in [0, 0.1) is 0 Å². The van der Waals surface area contributed by atoms with Crippen LogP contribution < -0.4 is 5.32 Å². The summed E-state index contributed by atoms with van der Waals surface area (Å²) in [6, 6.07) is 18.1. The van der Waals surface area contributed by atoms with Crippen molar-refractivity contribution in [1.82, 2.24) is 10.3 Å². The first kappa shape index (κ1) is 13.3. The predicted octanol–water partition coefficient (Wildman–Crippen LogP) is 3.09. The Hall–Kier alpha value is -2.68. The van der Waals surface area contributed by atoms with Crippen molar-refractivity contribution in [3.63, 3.8) is 0 Å². The minimum atomic E-state index is 0.0223. The van der Waals surface area contributed by atoms with Gasteiger partial charge in [-0.3, -0.25) is 9.78 Å². The number of carbonyl (C=O) groups excluding carboxylic acids is 1. The second-order valence-corrected chi connectivity index (χ2v) is 5.00. The number of aromatic nitrogens is 1. The number of fused-ring (bicyclic) bond motifs is 1. The van der Waals surface area contributed by atoms with E-state index in [-0.39, 0.29) is 5.91 Å². The first-order valence-electron chi connectivity index (χ1n) is 6.94. The van der Waals surface area contributed by atoms with Gasteiger partial charge in [-0.15, -0.1) is 0 Å². The van der Waals surface area contributed by atoms with Gasteiger partial charge in [0.05, 0.1) is 6.42 Å². The summed E-state index contributed by atoms with van der Waals surface area (Å²) < 4.78 is 0. The van der Waals surface area contributed by atoms with E-state index in [4.69, 9.17) is 0 Å². The molecule has 1 N–H and O–H groups in total. The van der Waals surface area contributed by atoms with Gasteiger partial charge in [-0.25, -0.2) is 0 Å². The first-order valence-corrected chi connectivity index (χ1v) is 6.94. The van der Waals surface area contributed by atoms with Gasteiger partial charge in [-0.1, -0.05) is 48.5 Å². The highest BCUT2D eigenvalue weighted by atomic mass is 16.1. The summed E-state index contributed by atoms with van der Waals surface area (Å²) >= 11 is 0. The molecule has 3 aromatic rings. The van der Waals surface area contributed by atoms with Crippen LogP contribution in [0.15, 0.2) is 67.0 Å². The van der Waals surface area contributed by atoms with Crippen LogP contribution in [0.3, 0.4) is 0 Å². The molecular weight excluding hydrogens is 260 g/mol. The Labute approximate surface area is 123 Å². The molecule has 1 heterocycles. The van der Waals surface area contributed by atoms with E-state index < -0.39 is 0 Å². The zero-order chi connectivity index (χ0) is 14.5. The molecule has 104 valence electrons. The third-order valence-corrected chi connectivity index (χ3v) is 3.39. The largest absolute Gasteiger partial charge is 0.352 e. The van der Waals surface area contributed by atoms with Gasteiger partial charge in [0.25, 0.3) is 0 Å². The molecule has 0 unspecified atom stereocenters. The highest BCUT2D eigenvalue weighted by Gasteiger charge is 2.04. The molecule has 21 heavy (non-hydrogen) atoms. The van der Waals surface area contributed by atoms with E-state index in [0.29, 0.717) is 13.0 Å². The maximum absolute atomic E-state index is 12.0. The van der Waals surface area contributed by atoms with Gasteiger partial charge in [0.2, 0.25) is 5.91 Å². The van der Waals surface area contributed by atoms with E-state index in [2.05, 4.69) is 34.6 Å². The molecule has 0 bridgehead atoms. The Morgan fingerprint density at radius 3 is 2.62 bits per heavy atom. The number of nitrogens with zero attached hydrogens (tertiary/aromatic N) is 1. The quantitative estimate of drug-likeness (QED) is 0.795. The normalized spacial score (nSPS) is 10.5. The lowest BCUT2D eigenvalue weighted by molar-refractivity contribution is -0.120. The number of rotatable bonds is 4. The predicted molar refractivity (Wildman–Crippen MR) is 83.7 cm³/mol. The number of benzene rings is 2. The molecule has 0 aliphatic rings. The number of pyridine rings is 1. The molecule has 0 saturated carbocycles. The standard InChI is InChI=1S/C18H16N2O/c21-18(20-13-15-4-3-9-19-12-15)11-14-7-8-16-5-1-2-6-17(16)10-14/h1-10,12H,11,13H2,(H,20,21). The molecule has 0 aliphatic heterocycles. The molecule has 0 radical (unpaired) electrons. The summed E-state index contributed by atoms with van der Waals surface area (Å²) in [5.74, 6) is 0.0223. The van der Waals surface area contributed by atoms with Crippen LogP contribution >= 0.6 is 0 Å². The van der Waals surface area contributed by atoms with Crippen LogP contribution in [0.4, 0.5) is 0 Å². The Morgan fingerprint density at radius 2 is 1.81 bits per heavy atom. The minimum Gasteiger partial charge on any atom is -0.352 e. The van der Waals surface area contributed by atoms with E-state index >= 15 is 0 Å². The van der Waals surface area contributed by atoms with Crippen LogP contribution in [0.1, 0.15) is 11.1 Å². The average Bonchev–Trinajstić information content (AvgIpc) is 2.54. The SMILES string of the molecule is O=C(Cc1ccc2ccccc2c1)NCc1cccnc1. The fraction of sp³-hybridized carbons (Fsp3) is 0.111. The van der Waals surface area contributed by atoms with Gasteiger partial charge >= 0.3 is 0 Å². The Morgan fingerprint density at radius 1 is 0.952 bits per heavy atom. The zero-order valence-corrected chi connectivity index (χ0v) is 11.6. The van der Waals surface area contributed by atoms with Crippen LogP contribution in [-0.2, 0) is 17.8 Å². The van der Waals surface area contributed by atoms with E-state index in [9.17, 15) is 4.79 Å². The Kier molecular flexibility index (Phi) is 3.92. The van der Waals surface area contributed by atoms with E-state index in [0.717, 1.165) is 16.5 Å². The average molecular weight is 276 g/mol. The van der Waals surface area contributed by atoms with E-state index in [1.807, 2.05) is 30.3 Å². The van der Waals surface area contributed by atoms with E-state index in [1.54, 1.807) is 12.4 Å². The van der Waals surface area contributed by atoms with Crippen LogP contribution in [0.25, 0.3) is 10.8 Å². The summed E-state index contributed by atoms with van der Waals surface area (Å²) in [6.07, 6.45) is 3.88. The summed E-state index contributed by atoms with van der Waals surface area (Å²) in [6.45, 7) is 0.514. The Balaban J connectivity index is 1.63. The number of hydrogen-bond acceptors (Lipinski definition) is 2. The van der Waals surface area contributed by atoms with Crippen molar-refractivity contribution in [2.24, 2.45) is 0 Å². The monoisotopic (exact) mass is 276 g/mol. The Bertz CT molecular complexity index is 753. The summed E-state index contributed by atoms with van der Waals surface area (Å²) in [7, 11) is 0. The van der Waals surface area contributed by atoms with Crippen LogP contribution in [0.2, 0.25) is 0 Å². The van der Waals surface area contributed by atoms with Gasteiger partial charge in [-0.2, -0.15) is 0 Å². The van der Waals surface area contributed by atoms with Crippen LogP contribution in [0.5, 0.6) is 0 Å². The molecule has 3 nitrogen and oxygen atoms in total. The number of carbonyl (C=O) groups is 1. The summed E-state index contributed by atoms with van der Waals surface area (Å²) in [5, 5.41) is 5.27. The molecule has 0 atom stereocenters. The minimum absolute atomic E-state index is 0.0223. The van der Waals surface area contributed by atoms with Crippen molar-refractivity contribution >= 4 is 16.7 Å². The molecule has 0 saturated heterocycles. The second-order valence-electron chi connectivity index (χ2n) is 5.00. The van der Waals surface area contributed by atoms with E-state index in [1.165, 1.54) is 5.39 Å². The molecule has 0 aliphatic carbocycles. The second kappa shape index (κ2) is 6.18. The number of amides is 1. The lowest BCUT2D eigenvalue weighted by Crippen LogP contribution is -2.24. The third kappa shape index (κ3) is 3.45. The smallest absolute Gasteiger partial charge is 0.224 e. The van der Waals surface area contributed by atoms with Crippen molar-refractivity contribution in [3.05, 3.63) is 78.1 Å². The fourth-order valence-corrected chi connectivity index (χ4v) is 2.30. The lowest BCUT2D eigenvalue weighted by Gasteiger charge is -2.06. The van der Waals surface area contributed by atoms with Crippen molar-refractivity contribution in [2.45, 2.75) is 13.0 Å². The molecule has 0 spiro atoms. The molecule has 3 rings (SSSR count). The maximum Gasteiger partial charge on any atom is 0.224 e. The molecule has 1 aromatic heterocycles. The molecule has 0 fully saturated rings. The van der Waals surface area contributed by atoms with Crippen LogP contribution in [-0.4, -0.2) is 10.9 Å². The molecule has 2 aromatic carbocycles. The maximum atomic E-state index is 12.0. The van der Waals surface area contributed by atoms with Gasteiger partial charge in [0.1, 0.15) is 0 Å². The highest BCUT2D eigenvalue weighted by molar-refractivity contribution is 5.85. The number of hydrogen-bond donors (Lipinski definition) is 1. The van der Waals surface area contributed by atoms with Gasteiger partial charge < -0.3 is 5.32 Å². The van der Waals surface area contributed by atoms with Crippen molar-refractivity contribution in [2.75, 3.05) is 0 Å². The number of nitrogens with one attached hydrogen (secondary N) is 1. The highest BCUT2D eigenvalue weighted by Crippen LogP contribution is 2.15. The van der Waals surface area contributed by atoms with Crippen molar-refractivity contribution in [1.29, 1.82) is 0 Å². The van der Waals surface area contributed by atoms with Crippen molar-refractivity contribution in [3.8, 4) is 0 Å².